The summed E-state index contributed by atoms with van der Waals surface area (Å²) >= 11 is 0. The Hall–Kier alpha value is -1.38. The lowest BCUT2D eigenvalue weighted by Crippen LogP contribution is -2.50. The standard InChI is InChI=1S/C64H126Si14.2C7H8/c1-67(2,3)59(68(4,5)6)51-45-53(61(71(13,14)15)72(16,17)18)57(54(46-51)62(73(19,20)21)74(22,23)24)65-41-37-49(38-42-65)50-39-43-66(44-40-50)58-55(63(75(25,26)27)76(28,29)30)47-52(60(69(7,8)9)70(10,11)12)48-56(58)64(77(31,32)33)78(34,35)36;2*1-7-5-3-2-4-6-7/h37-48,59-64H,1-36H3;2*2-6H,1H3. The third-order valence-corrected chi connectivity index (χ3v) is 79.5. The summed E-state index contributed by atoms with van der Waals surface area (Å²) in [5, 5.41) is 7.97. The zero-order chi connectivity index (χ0) is 71.1. The molecule has 0 fully saturated rings. The number of hydrogen-bond donors (Lipinski definition) is 0. The monoisotopic (exact) mass is 1470 g/mol. The van der Waals surface area contributed by atoms with Gasteiger partial charge >= 0.3 is 0 Å². The van der Waals surface area contributed by atoms with Crippen molar-refractivity contribution in [1.29, 1.82) is 0 Å². The van der Waals surface area contributed by atoms with Gasteiger partial charge in [0.1, 0.15) is 0 Å². The van der Waals surface area contributed by atoms with E-state index < -0.39 is 114 Å². The van der Waals surface area contributed by atoms with Crippen LogP contribution in [0.25, 0.3) is 21.5 Å². The third-order valence-electron chi connectivity index (χ3n) is 19.3. The highest BCUT2D eigenvalue weighted by atomic mass is 28.4. The molecule has 0 aliphatic heterocycles. The summed E-state index contributed by atoms with van der Waals surface area (Å²) in [6.45, 7) is 102. The van der Waals surface area contributed by atoms with Crippen LogP contribution in [0.4, 0.5) is 0 Å². The molecule has 92 heavy (non-hydrogen) atoms. The molecule has 6 aromatic rings. The molecule has 6 rings (SSSR count). The smallest absolute Gasteiger partial charge is 0.0730 e. The molecular formula is C78H142Si14. The van der Waals surface area contributed by atoms with E-state index >= 15 is 0 Å². The van der Waals surface area contributed by atoms with Crippen molar-refractivity contribution < 1.29 is 0 Å². The van der Waals surface area contributed by atoms with Gasteiger partial charge in [0.2, 0.25) is 0 Å². The second kappa shape index (κ2) is 30.2. The van der Waals surface area contributed by atoms with Crippen molar-refractivity contribution in [3.8, 4) is 21.5 Å². The first kappa shape index (κ1) is 83.0. The Kier molecular flexibility index (Phi) is 27.3. The first-order valence-electron chi connectivity index (χ1n) is 35.7. The van der Waals surface area contributed by atoms with Crippen LogP contribution < -0.4 is 0 Å². The van der Waals surface area contributed by atoms with Crippen molar-refractivity contribution >= 4 is 114 Å². The zero-order valence-corrected chi connectivity index (χ0v) is 81.2. The number of benzene rings is 4. The van der Waals surface area contributed by atoms with Gasteiger partial charge in [-0.25, -0.2) is 0 Å². The SMILES string of the molecule is C[Si](C)(C)C(c1cc(C([Si](C)(C)C)[Si](C)(C)C)c(-[si]2ccc(-c3cc[si](-c4c(C([Si](C)(C)C)[Si](C)(C)C)cc(C([Si](C)(C)C)[Si](C)(C)C)cc4C([Si](C)(C)C)[Si](C)(C)C)cc3)cc2)c(C([Si](C)(C)C)[Si](C)(C)C)c1)[Si](C)(C)C.Cc1ccccc1.Cc1ccccc1. The van der Waals surface area contributed by atoms with Gasteiger partial charge < -0.3 is 0 Å². The molecule has 0 amide bonds. The van der Waals surface area contributed by atoms with Crippen molar-refractivity contribution in [2.75, 3.05) is 0 Å². The van der Waals surface area contributed by atoms with E-state index in [1.807, 2.05) is 69.0 Å². The van der Waals surface area contributed by atoms with E-state index in [2.05, 4.69) is 345 Å². The van der Waals surface area contributed by atoms with Crippen LogP contribution in [-0.4, -0.2) is 114 Å². The fraction of sp³-hybridized carbons (Fsp3) is 0.564. The van der Waals surface area contributed by atoms with E-state index in [9.17, 15) is 0 Å². The molecule has 0 aliphatic rings. The lowest BCUT2D eigenvalue weighted by atomic mass is 10.1. The zero-order valence-electron chi connectivity index (χ0n) is 67.2. The van der Waals surface area contributed by atoms with Gasteiger partial charge in [0.05, 0.1) is 16.8 Å². The maximum absolute atomic E-state index is 2.94. The van der Waals surface area contributed by atoms with Crippen LogP contribution in [0.2, 0.25) is 236 Å². The van der Waals surface area contributed by atoms with E-state index in [-0.39, 0.29) is 0 Å². The second-order valence-corrected chi connectivity index (χ2v) is 113. The third kappa shape index (κ3) is 22.3. The molecule has 510 valence electrons. The Morgan fingerprint density at radius 3 is 0.511 bits per heavy atom. The van der Waals surface area contributed by atoms with Crippen molar-refractivity contribution in [2.45, 2.75) is 281 Å². The fourth-order valence-corrected chi connectivity index (χ4v) is 102. The maximum atomic E-state index is 2.94. The number of rotatable bonds is 21. The quantitative estimate of drug-likeness (QED) is 0.0630. The highest BCUT2D eigenvalue weighted by Crippen LogP contribution is 2.51. The maximum Gasteiger partial charge on any atom is 0.0731 e. The van der Waals surface area contributed by atoms with Crippen LogP contribution in [-0.2, 0) is 0 Å². The highest BCUT2D eigenvalue weighted by Gasteiger charge is 2.49. The van der Waals surface area contributed by atoms with Crippen LogP contribution in [0.15, 0.2) is 132 Å². The average Bonchev–Trinajstić information content (AvgIpc) is 0.742. The van der Waals surface area contributed by atoms with Crippen molar-refractivity contribution in [3.63, 3.8) is 0 Å². The minimum Gasteiger partial charge on any atom is -0.0730 e. The Labute approximate surface area is 586 Å². The molecule has 0 nitrogen and oxygen atoms in total. The van der Waals surface area contributed by atoms with E-state index in [4.69, 9.17) is 0 Å². The van der Waals surface area contributed by atoms with Crippen molar-refractivity contribution in [3.05, 3.63) is 176 Å². The highest BCUT2D eigenvalue weighted by molar-refractivity contribution is 7.00. The Balaban J connectivity index is 0.00000113. The summed E-state index contributed by atoms with van der Waals surface area (Å²) in [7, 11) is -21.9. The van der Waals surface area contributed by atoms with Crippen LogP contribution in [0.1, 0.15) is 75.5 Å². The van der Waals surface area contributed by atoms with Crippen molar-refractivity contribution in [2.24, 2.45) is 0 Å². The Bertz CT molecular complexity index is 2910. The first-order valence-corrected chi connectivity index (χ1v) is 82.0. The molecule has 2 heterocycles. The summed E-state index contributed by atoms with van der Waals surface area (Å²) in [6, 6.07) is 42.8. The van der Waals surface area contributed by atoms with Crippen LogP contribution in [0.5, 0.6) is 0 Å². The largest absolute Gasteiger partial charge is 0.0731 e. The van der Waals surface area contributed by atoms with Gasteiger partial charge in [0.15, 0.2) is 0 Å². The van der Waals surface area contributed by atoms with E-state index in [0.717, 1.165) is 10.3 Å². The summed E-state index contributed by atoms with van der Waals surface area (Å²) in [4.78, 5) is 0. The van der Waals surface area contributed by atoms with Gasteiger partial charge in [-0.2, -0.15) is 0 Å². The van der Waals surface area contributed by atoms with Gasteiger partial charge in [0.25, 0.3) is 0 Å². The summed E-state index contributed by atoms with van der Waals surface area (Å²) in [5.41, 5.74) is 27.4. The average molecular weight is 1470 g/mol. The molecule has 14 heteroatoms. The normalized spacial score (nSPS) is 13.9. The van der Waals surface area contributed by atoms with Gasteiger partial charge in [-0.05, 0) is 99.7 Å². The molecular weight excluding hydrogens is 1330 g/mol. The molecule has 0 aliphatic carbocycles. The molecule has 0 bridgehead atoms. The summed E-state index contributed by atoms with van der Waals surface area (Å²) in [6.07, 6.45) is 0. The molecule has 0 radical (unpaired) electrons. The topological polar surface area (TPSA) is 0 Å². The molecule has 4 aromatic carbocycles. The van der Waals surface area contributed by atoms with Crippen molar-refractivity contribution in [1.82, 2.24) is 0 Å². The van der Waals surface area contributed by atoms with Crippen LogP contribution >= 0.6 is 0 Å². The molecule has 0 spiro atoms. The van der Waals surface area contributed by atoms with Gasteiger partial charge in [-0.15, -0.1) is 0 Å². The van der Waals surface area contributed by atoms with Gasteiger partial charge in [-0.3, -0.25) is 0 Å². The first-order chi connectivity index (χ1) is 41.1. The van der Waals surface area contributed by atoms with Crippen LogP contribution in [0, 0.1) is 13.8 Å². The van der Waals surface area contributed by atoms with Gasteiger partial charge in [-0.1, -0.05) is 379 Å². The predicted octanol–water partition coefficient (Wildman–Crippen LogP) is 26.4. The molecule has 0 N–H and O–H groups in total. The minimum absolute atomic E-state index is 0.708. The lowest BCUT2D eigenvalue weighted by Gasteiger charge is -2.46. The molecule has 0 saturated carbocycles. The molecule has 0 unspecified atom stereocenters. The van der Waals surface area contributed by atoms with E-state index in [1.54, 1.807) is 11.1 Å². The number of hydrogen-bond acceptors (Lipinski definition) is 0. The predicted molar refractivity (Wildman–Crippen MR) is 465 cm³/mol. The van der Waals surface area contributed by atoms with E-state index in [0.29, 0.717) is 20.7 Å². The summed E-state index contributed by atoms with van der Waals surface area (Å²) in [5.74, 6) is 0. The Morgan fingerprint density at radius 2 is 0.380 bits per heavy atom. The minimum atomic E-state index is -1.66. The molecule has 0 saturated heterocycles. The second-order valence-electron chi connectivity index (χ2n) is 41.6. The number of aryl methyl sites for hydroxylation is 2. The Morgan fingerprint density at radius 1 is 0.217 bits per heavy atom. The van der Waals surface area contributed by atoms with Gasteiger partial charge in [0, 0.05) is 96.9 Å². The fourth-order valence-electron chi connectivity index (χ4n) is 19.6. The molecule has 2 aromatic heterocycles. The van der Waals surface area contributed by atoms with E-state index in [1.165, 1.54) is 22.3 Å². The molecule has 0 atom stereocenters. The van der Waals surface area contributed by atoms with Crippen LogP contribution in [0.3, 0.4) is 0 Å². The lowest BCUT2D eigenvalue weighted by molar-refractivity contribution is 1.09. The summed E-state index contributed by atoms with van der Waals surface area (Å²) < 4.78 is 0.